The number of alkyl halides is 3. The van der Waals surface area contributed by atoms with Crippen LogP contribution in [0.5, 0.6) is 5.75 Å². The van der Waals surface area contributed by atoms with Gasteiger partial charge in [-0.2, -0.15) is 0 Å². The summed E-state index contributed by atoms with van der Waals surface area (Å²) in [6.07, 6.45) is -2.98. The van der Waals surface area contributed by atoms with Gasteiger partial charge >= 0.3 is 6.36 Å². The Hall–Kier alpha value is -2.38. The van der Waals surface area contributed by atoms with Crippen LogP contribution >= 0.6 is 0 Å². The molecule has 0 heterocycles. The zero-order valence-electron chi connectivity index (χ0n) is 9.39. The smallest absolute Gasteiger partial charge is 0.405 e. The normalized spacial score (nSPS) is 11.5. The van der Waals surface area contributed by atoms with Gasteiger partial charge in [0.15, 0.2) is 0 Å². The second-order valence-electron chi connectivity index (χ2n) is 3.38. The summed E-state index contributed by atoms with van der Waals surface area (Å²) < 4.78 is 40.0. The Morgan fingerprint density at radius 1 is 1.37 bits per heavy atom. The fraction of sp³-hybridized carbons (Fsp3) is 0.182. The Balaban J connectivity index is 2.86. The molecule has 102 valence electrons. The van der Waals surface area contributed by atoms with Crippen molar-refractivity contribution in [1.29, 1.82) is 0 Å². The van der Waals surface area contributed by atoms with E-state index in [4.69, 9.17) is 0 Å². The maximum absolute atomic E-state index is 12.1. The maximum Gasteiger partial charge on any atom is 0.573 e. The fourth-order valence-electron chi connectivity index (χ4n) is 1.20. The Morgan fingerprint density at radius 3 is 2.58 bits per heavy atom. The first-order chi connectivity index (χ1) is 8.78. The average molecular weight is 275 g/mol. The highest BCUT2D eigenvalue weighted by atomic mass is 19.4. The van der Waals surface area contributed by atoms with Gasteiger partial charge in [0.05, 0.1) is 0 Å². The van der Waals surface area contributed by atoms with Gasteiger partial charge in [0.25, 0.3) is 6.54 Å². The van der Waals surface area contributed by atoms with Gasteiger partial charge in [0.1, 0.15) is 5.75 Å². The number of nitrogens with zero attached hydrogens (tertiary/aromatic N) is 1. The molecule has 1 rings (SSSR count). The van der Waals surface area contributed by atoms with Crippen LogP contribution < -0.4 is 4.74 Å². The van der Waals surface area contributed by atoms with Crippen molar-refractivity contribution < 1.29 is 27.6 Å². The Morgan fingerprint density at radius 2 is 2.00 bits per heavy atom. The number of ether oxygens (including phenoxy) is 1. The highest BCUT2D eigenvalue weighted by Gasteiger charge is 2.31. The molecule has 0 aliphatic carbocycles. The molecule has 0 unspecified atom stereocenters. The summed E-state index contributed by atoms with van der Waals surface area (Å²) in [6, 6.07) is 5.14. The molecule has 0 radical (unpaired) electrons. The molecule has 0 aliphatic rings. The average Bonchev–Trinajstić information content (AvgIpc) is 2.25. The van der Waals surface area contributed by atoms with E-state index >= 15 is 0 Å². The van der Waals surface area contributed by atoms with E-state index in [2.05, 4.69) is 4.74 Å². The van der Waals surface area contributed by atoms with E-state index in [9.17, 15) is 28.1 Å². The third kappa shape index (κ3) is 5.66. The summed E-state index contributed by atoms with van der Waals surface area (Å²) in [6.45, 7) is -0.918. The van der Waals surface area contributed by atoms with Gasteiger partial charge in [-0.3, -0.25) is 14.9 Å². The lowest BCUT2D eigenvalue weighted by Gasteiger charge is -2.10. The SMILES string of the molecule is O=C(C=Cc1ccccc1OC(F)(F)F)C[N+](=O)[O-]. The molecule has 0 bridgehead atoms. The number of ketones is 1. The molecule has 0 fully saturated rings. The quantitative estimate of drug-likeness (QED) is 0.470. The number of hydrogen-bond donors (Lipinski definition) is 0. The van der Waals surface area contributed by atoms with Crippen LogP contribution in [0.25, 0.3) is 6.08 Å². The van der Waals surface area contributed by atoms with Crippen LogP contribution in [0.2, 0.25) is 0 Å². The molecule has 1 aromatic rings. The third-order valence-corrected chi connectivity index (χ3v) is 1.88. The van der Waals surface area contributed by atoms with E-state index < -0.39 is 29.4 Å². The van der Waals surface area contributed by atoms with Crippen molar-refractivity contribution in [2.24, 2.45) is 0 Å². The van der Waals surface area contributed by atoms with Crippen LogP contribution in [-0.2, 0) is 4.79 Å². The molecule has 0 saturated heterocycles. The predicted octanol–water partition coefficient (Wildman–Crippen LogP) is 2.44. The minimum Gasteiger partial charge on any atom is -0.405 e. The lowest BCUT2D eigenvalue weighted by Crippen LogP contribution is -2.17. The number of hydrogen-bond acceptors (Lipinski definition) is 4. The highest BCUT2D eigenvalue weighted by Crippen LogP contribution is 2.26. The van der Waals surface area contributed by atoms with E-state index in [-0.39, 0.29) is 5.56 Å². The molecule has 5 nitrogen and oxygen atoms in total. The molecule has 0 amide bonds. The number of carbonyl (C=O) groups is 1. The molecule has 0 aliphatic heterocycles. The van der Waals surface area contributed by atoms with Crippen molar-refractivity contribution in [3.8, 4) is 5.75 Å². The van der Waals surface area contributed by atoms with Gasteiger partial charge < -0.3 is 4.74 Å². The third-order valence-electron chi connectivity index (χ3n) is 1.88. The second-order valence-corrected chi connectivity index (χ2v) is 3.38. The van der Waals surface area contributed by atoms with E-state index in [1.54, 1.807) is 0 Å². The van der Waals surface area contributed by atoms with Crippen molar-refractivity contribution in [2.75, 3.05) is 6.54 Å². The monoisotopic (exact) mass is 275 g/mol. The van der Waals surface area contributed by atoms with Crippen molar-refractivity contribution in [2.45, 2.75) is 6.36 Å². The Labute approximate surface area is 105 Å². The van der Waals surface area contributed by atoms with Crippen molar-refractivity contribution >= 4 is 11.9 Å². The molecule has 0 spiro atoms. The van der Waals surface area contributed by atoms with Gasteiger partial charge in [-0.15, -0.1) is 13.2 Å². The van der Waals surface area contributed by atoms with Crippen LogP contribution in [0.3, 0.4) is 0 Å². The van der Waals surface area contributed by atoms with E-state index in [0.717, 1.165) is 18.2 Å². The lowest BCUT2D eigenvalue weighted by molar-refractivity contribution is -0.466. The summed E-state index contributed by atoms with van der Waals surface area (Å²) in [7, 11) is 0. The molecule has 8 heteroatoms. The summed E-state index contributed by atoms with van der Waals surface area (Å²) in [5.74, 6) is -1.31. The highest BCUT2D eigenvalue weighted by molar-refractivity contribution is 5.94. The minimum absolute atomic E-state index is 0.00322. The molecule has 0 N–H and O–H groups in total. The number of halogens is 3. The maximum atomic E-state index is 12.1. The fourth-order valence-corrected chi connectivity index (χ4v) is 1.20. The number of para-hydroxylation sites is 1. The minimum atomic E-state index is -4.85. The number of rotatable bonds is 5. The number of benzene rings is 1. The second kappa shape index (κ2) is 5.98. The first-order valence-corrected chi connectivity index (χ1v) is 4.95. The molecule has 19 heavy (non-hydrogen) atoms. The van der Waals surface area contributed by atoms with Gasteiger partial charge in [-0.05, 0) is 18.2 Å². The number of nitro groups is 1. The van der Waals surface area contributed by atoms with Gasteiger partial charge in [-0.25, -0.2) is 0 Å². The van der Waals surface area contributed by atoms with Crippen LogP contribution in [0.1, 0.15) is 5.56 Å². The predicted molar refractivity (Wildman–Crippen MR) is 59.0 cm³/mol. The molecular formula is C11H8F3NO4. The molecule has 0 atom stereocenters. The van der Waals surface area contributed by atoms with Crippen LogP contribution in [0.15, 0.2) is 30.3 Å². The van der Waals surface area contributed by atoms with Crippen molar-refractivity contribution in [3.63, 3.8) is 0 Å². The lowest BCUT2D eigenvalue weighted by atomic mass is 10.1. The van der Waals surface area contributed by atoms with Crippen molar-refractivity contribution in [3.05, 3.63) is 46.0 Å². The summed E-state index contributed by atoms with van der Waals surface area (Å²) in [5, 5.41) is 10.1. The Kier molecular flexibility index (Phi) is 4.62. The van der Waals surface area contributed by atoms with Gasteiger partial charge in [0, 0.05) is 10.5 Å². The van der Waals surface area contributed by atoms with Gasteiger partial charge in [0.2, 0.25) is 5.78 Å². The van der Waals surface area contributed by atoms with E-state index in [0.29, 0.717) is 0 Å². The zero-order chi connectivity index (χ0) is 14.5. The topological polar surface area (TPSA) is 69.4 Å². The number of carbonyl (C=O) groups excluding carboxylic acids is 1. The zero-order valence-corrected chi connectivity index (χ0v) is 9.39. The Bertz CT molecular complexity index is 511. The van der Waals surface area contributed by atoms with Crippen LogP contribution in [-0.4, -0.2) is 23.6 Å². The van der Waals surface area contributed by atoms with Crippen LogP contribution in [0, 0.1) is 10.1 Å². The largest absolute Gasteiger partial charge is 0.573 e. The molecule has 0 aromatic heterocycles. The summed E-state index contributed by atoms with van der Waals surface area (Å²) in [5.41, 5.74) is -0.00322. The van der Waals surface area contributed by atoms with Crippen LogP contribution in [0.4, 0.5) is 13.2 Å². The summed E-state index contributed by atoms with van der Waals surface area (Å²) in [4.78, 5) is 20.3. The first-order valence-electron chi connectivity index (χ1n) is 4.95. The standard InChI is InChI=1S/C11H8F3NO4/c12-11(13,14)19-10-4-2-1-3-8(10)5-6-9(16)7-15(17)18/h1-6H,7H2. The van der Waals surface area contributed by atoms with Crippen molar-refractivity contribution in [1.82, 2.24) is 0 Å². The molecule has 1 aromatic carbocycles. The summed E-state index contributed by atoms with van der Waals surface area (Å²) >= 11 is 0. The molecular weight excluding hydrogens is 267 g/mol. The van der Waals surface area contributed by atoms with E-state index in [1.165, 1.54) is 18.2 Å². The van der Waals surface area contributed by atoms with Gasteiger partial charge in [-0.1, -0.05) is 18.2 Å². The first kappa shape index (κ1) is 14.7. The van der Waals surface area contributed by atoms with E-state index in [1.807, 2.05) is 0 Å². The molecule has 0 saturated carbocycles.